The number of nitrogens with zero attached hydrogens (tertiary/aromatic N) is 2. The van der Waals surface area contributed by atoms with Gasteiger partial charge in [-0.2, -0.15) is 4.31 Å². The molecule has 0 N–H and O–H groups in total. The lowest BCUT2D eigenvalue weighted by Crippen LogP contribution is -2.49. The summed E-state index contributed by atoms with van der Waals surface area (Å²) < 4.78 is 32.9. The number of aromatic nitrogens is 1. The van der Waals surface area contributed by atoms with Crippen LogP contribution in [0.3, 0.4) is 0 Å². The van der Waals surface area contributed by atoms with Crippen molar-refractivity contribution in [2.24, 2.45) is 0 Å². The van der Waals surface area contributed by atoms with Crippen molar-refractivity contribution >= 4 is 10.0 Å². The van der Waals surface area contributed by atoms with Crippen LogP contribution in [0, 0.1) is 0 Å². The fourth-order valence-electron chi connectivity index (χ4n) is 3.68. The van der Waals surface area contributed by atoms with Crippen LogP contribution in [0.1, 0.15) is 45.4 Å². The maximum absolute atomic E-state index is 12.5. The molecule has 0 amide bonds. The summed E-state index contributed by atoms with van der Waals surface area (Å²) >= 11 is 0. The van der Waals surface area contributed by atoms with E-state index in [-0.39, 0.29) is 23.9 Å². The average molecular weight is 324 g/mol. The lowest BCUT2D eigenvalue weighted by Gasteiger charge is -2.37. The van der Waals surface area contributed by atoms with Gasteiger partial charge in [0, 0.05) is 37.3 Å². The Hall–Kier alpha value is -1.14. The minimum absolute atomic E-state index is 0.109. The van der Waals surface area contributed by atoms with E-state index in [0.29, 0.717) is 0 Å². The van der Waals surface area contributed by atoms with E-state index < -0.39 is 10.0 Å². The highest BCUT2D eigenvalue weighted by Crippen LogP contribution is 2.39. The first-order chi connectivity index (χ1) is 10.6. The molecule has 1 aromatic rings. The Kier molecular flexibility index (Phi) is 4.68. The standard InChI is InChI=1S/C16H24N2O3S/c1-2-3-10-22(19,20)18-13-4-5-14(18)12-16(11-13)21-15-6-8-17-9-7-15/h6-9,13-14,16H,2-5,10-12H2,1H3. The molecule has 0 aromatic carbocycles. The van der Waals surface area contributed by atoms with Crippen LogP contribution >= 0.6 is 0 Å². The van der Waals surface area contributed by atoms with E-state index >= 15 is 0 Å². The molecule has 22 heavy (non-hydrogen) atoms. The van der Waals surface area contributed by atoms with Gasteiger partial charge < -0.3 is 4.74 Å². The maximum atomic E-state index is 12.5. The molecule has 5 nitrogen and oxygen atoms in total. The highest BCUT2D eigenvalue weighted by Gasteiger charge is 2.46. The first-order valence-electron chi connectivity index (χ1n) is 8.18. The van der Waals surface area contributed by atoms with E-state index in [1.165, 1.54) is 0 Å². The SMILES string of the molecule is CCCCS(=O)(=O)N1C2CCC1CC(Oc1ccncc1)C2. The third kappa shape index (κ3) is 3.27. The summed E-state index contributed by atoms with van der Waals surface area (Å²) in [5, 5.41) is 0. The summed E-state index contributed by atoms with van der Waals surface area (Å²) in [6.45, 7) is 2.03. The first kappa shape index (κ1) is 15.7. The number of hydrogen-bond donors (Lipinski definition) is 0. The molecule has 0 radical (unpaired) electrons. The topological polar surface area (TPSA) is 59.5 Å². The van der Waals surface area contributed by atoms with Crippen molar-refractivity contribution in [2.75, 3.05) is 5.75 Å². The van der Waals surface area contributed by atoms with Crippen molar-refractivity contribution < 1.29 is 13.2 Å². The summed E-state index contributed by atoms with van der Waals surface area (Å²) in [6.07, 6.45) is 8.72. The van der Waals surface area contributed by atoms with Gasteiger partial charge in [-0.1, -0.05) is 13.3 Å². The number of piperidine rings is 1. The summed E-state index contributed by atoms with van der Waals surface area (Å²) in [4.78, 5) is 3.99. The molecule has 122 valence electrons. The lowest BCUT2D eigenvalue weighted by molar-refractivity contribution is 0.0956. The zero-order chi connectivity index (χ0) is 15.6. The molecular formula is C16H24N2O3S. The largest absolute Gasteiger partial charge is 0.490 e. The number of ether oxygens (including phenoxy) is 1. The van der Waals surface area contributed by atoms with Crippen molar-refractivity contribution in [1.82, 2.24) is 9.29 Å². The molecule has 1 aromatic heterocycles. The molecule has 2 unspecified atom stereocenters. The van der Waals surface area contributed by atoms with Gasteiger partial charge in [-0.15, -0.1) is 0 Å². The zero-order valence-corrected chi connectivity index (χ0v) is 13.8. The van der Waals surface area contributed by atoms with Gasteiger partial charge >= 0.3 is 0 Å². The molecule has 2 saturated heterocycles. The molecule has 2 aliphatic rings. The minimum atomic E-state index is -3.11. The Morgan fingerprint density at radius 3 is 2.45 bits per heavy atom. The number of rotatable bonds is 6. The number of hydrogen-bond acceptors (Lipinski definition) is 4. The lowest BCUT2D eigenvalue weighted by atomic mass is 10.0. The molecule has 0 aliphatic carbocycles. The highest BCUT2D eigenvalue weighted by atomic mass is 32.2. The molecular weight excluding hydrogens is 300 g/mol. The van der Waals surface area contributed by atoms with Crippen molar-refractivity contribution in [3.8, 4) is 5.75 Å². The summed E-state index contributed by atoms with van der Waals surface area (Å²) in [5.74, 6) is 1.11. The van der Waals surface area contributed by atoms with Crippen LogP contribution in [0.5, 0.6) is 5.75 Å². The number of pyridine rings is 1. The third-order valence-corrected chi connectivity index (χ3v) is 6.70. The van der Waals surface area contributed by atoms with Crippen LogP contribution in [0.2, 0.25) is 0 Å². The summed E-state index contributed by atoms with van der Waals surface area (Å²) in [6, 6.07) is 3.94. The van der Waals surface area contributed by atoms with Crippen LogP contribution in [-0.4, -0.2) is 41.6 Å². The normalized spacial score (nSPS) is 28.7. The van der Waals surface area contributed by atoms with Crippen molar-refractivity contribution in [3.63, 3.8) is 0 Å². The Morgan fingerprint density at radius 1 is 1.23 bits per heavy atom. The van der Waals surface area contributed by atoms with Crippen LogP contribution in [0.25, 0.3) is 0 Å². The Bertz CT molecular complexity index is 577. The second-order valence-corrected chi connectivity index (χ2v) is 8.27. The molecule has 2 fully saturated rings. The van der Waals surface area contributed by atoms with Gasteiger partial charge in [0.05, 0.1) is 5.75 Å². The van der Waals surface area contributed by atoms with E-state index in [1.807, 2.05) is 19.1 Å². The minimum Gasteiger partial charge on any atom is -0.490 e. The van der Waals surface area contributed by atoms with Gasteiger partial charge in [0.15, 0.2) is 0 Å². The molecule has 0 spiro atoms. The Balaban J connectivity index is 1.66. The van der Waals surface area contributed by atoms with E-state index in [1.54, 1.807) is 16.7 Å². The zero-order valence-electron chi connectivity index (χ0n) is 13.0. The van der Waals surface area contributed by atoms with E-state index in [9.17, 15) is 8.42 Å². The number of unbranched alkanes of at least 4 members (excludes halogenated alkanes) is 1. The van der Waals surface area contributed by atoms with Crippen molar-refractivity contribution in [3.05, 3.63) is 24.5 Å². The predicted octanol–water partition coefficient (Wildman–Crippen LogP) is 2.59. The molecule has 0 saturated carbocycles. The summed E-state index contributed by atoms with van der Waals surface area (Å²) in [7, 11) is -3.11. The van der Waals surface area contributed by atoms with Gasteiger partial charge in [0.25, 0.3) is 0 Å². The second kappa shape index (κ2) is 6.54. The second-order valence-electron chi connectivity index (χ2n) is 6.28. The maximum Gasteiger partial charge on any atom is 0.214 e. The van der Waals surface area contributed by atoms with Crippen LogP contribution in [0.15, 0.2) is 24.5 Å². The quantitative estimate of drug-likeness (QED) is 0.807. The van der Waals surface area contributed by atoms with Gasteiger partial charge in [-0.25, -0.2) is 8.42 Å². The fourth-order valence-corrected chi connectivity index (χ4v) is 5.83. The fraction of sp³-hybridized carbons (Fsp3) is 0.688. The molecule has 6 heteroatoms. The van der Waals surface area contributed by atoms with Gasteiger partial charge in [-0.05, 0) is 31.4 Å². The first-order valence-corrected chi connectivity index (χ1v) is 9.79. The van der Waals surface area contributed by atoms with Gasteiger partial charge in [0.2, 0.25) is 10.0 Å². The molecule has 2 bridgehead atoms. The van der Waals surface area contributed by atoms with Crippen molar-refractivity contribution in [1.29, 1.82) is 0 Å². The van der Waals surface area contributed by atoms with E-state index in [2.05, 4.69) is 4.98 Å². The molecule has 3 rings (SSSR count). The van der Waals surface area contributed by atoms with E-state index in [0.717, 1.165) is 44.3 Å². The van der Waals surface area contributed by atoms with Gasteiger partial charge in [-0.3, -0.25) is 4.98 Å². The van der Waals surface area contributed by atoms with Crippen molar-refractivity contribution in [2.45, 2.75) is 63.6 Å². The van der Waals surface area contributed by atoms with Crippen LogP contribution in [-0.2, 0) is 10.0 Å². The Labute approximate surface area is 132 Å². The van der Waals surface area contributed by atoms with Crippen LogP contribution < -0.4 is 4.74 Å². The summed E-state index contributed by atoms with van der Waals surface area (Å²) in [5.41, 5.74) is 0. The smallest absolute Gasteiger partial charge is 0.214 e. The number of sulfonamides is 1. The van der Waals surface area contributed by atoms with E-state index in [4.69, 9.17) is 4.74 Å². The third-order valence-electron chi connectivity index (χ3n) is 4.65. The van der Waals surface area contributed by atoms with Gasteiger partial charge in [0.1, 0.15) is 11.9 Å². The highest BCUT2D eigenvalue weighted by molar-refractivity contribution is 7.89. The van der Waals surface area contributed by atoms with Crippen LogP contribution in [0.4, 0.5) is 0 Å². The predicted molar refractivity (Wildman–Crippen MR) is 85.2 cm³/mol. The molecule has 2 aliphatic heterocycles. The average Bonchev–Trinajstić information content (AvgIpc) is 2.79. The monoisotopic (exact) mass is 324 g/mol. The molecule has 3 heterocycles. The number of fused-ring (bicyclic) bond motifs is 2. The molecule has 2 atom stereocenters. The Morgan fingerprint density at radius 2 is 1.86 bits per heavy atom.